The molecule has 3 N–H and O–H groups in total. The zero-order chi connectivity index (χ0) is 22.8. The fourth-order valence-electron chi connectivity index (χ4n) is 4.59. The van der Waals surface area contributed by atoms with Crippen LogP contribution in [0.2, 0.25) is 0 Å². The molecule has 0 bridgehead atoms. The Labute approximate surface area is 215 Å². The number of rotatable bonds is 10. The van der Waals surface area contributed by atoms with Crippen molar-refractivity contribution in [3.05, 3.63) is 35.4 Å². The Morgan fingerprint density at radius 1 is 1.21 bits per heavy atom. The van der Waals surface area contributed by atoms with Crippen LogP contribution in [-0.4, -0.2) is 81.8 Å². The van der Waals surface area contributed by atoms with Crippen LogP contribution in [0.1, 0.15) is 30.4 Å². The molecule has 2 fully saturated rings. The lowest BCUT2D eigenvalue weighted by atomic mass is 9.97. The lowest BCUT2D eigenvalue weighted by Gasteiger charge is -2.31. The Hall–Kier alpha value is -1.43. The quantitative estimate of drug-likeness (QED) is 0.193. The Morgan fingerprint density at radius 2 is 2.03 bits per heavy atom. The fraction of sp³-hybridized carbons (Fsp3) is 0.667. The number of carbonyl (C=O) groups is 1. The van der Waals surface area contributed by atoms with Crippen molar-refractivity contribution >= 4 is 35.8 Å². The number of ether oxygens (including phenoxy) is 2. The molecule has 3 rings (SSSR count). The summed E-state index contributed by atoms with van der Waals surface area (Å²) in [5.41, 5.74) is 8.01. The van der Waals surface area contributed by atoms with Crippen molar-refractivity contribution in [2.24, 2.45) is 22.6 Å². The molecule has 1 aromatic carbocycles. The number of halogens is 1. The van der Waals surface area contributed by atoms with Gasteiger partial charge < -0.3 is 25.4 Å². The van der Waals surface area contributed by atoms with Gasteiger partial charge >= 0.3 is 0 Å². The molecule has 2 saturated heterocycles. The van der Waals surface area contributed by atoms with E-state index in [4.69, 9.17) is 15.2 Å². The SMILES string of the molecule is CN=C(NCc1cccc(CN2CCCC(C(N)=O)C2)c1)N1CCC(COCCOC)C1.I. The summed E-state index contributed by atoms with van der Waals surface area (Å²) in [4.78, 5) is 20.7. The van der Waals surface area contributed by atoms with Crippen LogP contribution in [0.25, 0.3) is 0 Å². The number of aliphatic imine (C=N–C) groups is 1. The summed E-state index contributed by atoms with van der Waals surface area (Å²) in [6.45, 7) is 7.38. The molecule has 1 amide bonds. The first kappa shape index (κ1) is 27.8. The van der Waals surface area contributed by atoms with E-state index in [-0.39, 0.29) is 35.8 Å². The molecule has 9 heteroatoms. The molecule has 2 aliphatic rings. The minimum atomic E-state index is -0.176. The monoisotopic (exact) mass is 573 g/mol. The summed E-state index contributed by atoms with van der Waals surface area (Å²) in [5, 5.41) is 3.52. The molecule has 0 radical (unpaired) electrons. The number of methoxy groups -OCH3 is 1. The highest BCUT2D eigenvalue weighted by Crippen LogP contribution is 2.19. The van der Waals surface area contributed by atoms with Crippen molar-refractivity contribution in [2.45, 2.75) is 32.4 Å². The van der Waals surface area contributed by atoms with Gasteiger partial charge in [0.25, 0.3) is 0 Å². The molecule has 2 atom stereocenters. The molecule has 8 nitrogen and oxygen atoms in total. The summed E-state index contributed by atoms with van der Waals surface area (Å²) in [5.74, 6) is 1.27. The third-order valence-electron chi connectivity index (χ3n) is 6.34. The van der Waals surface area contributed by atoms with Gasteiger partial charge in [-0.25, -0.2) is 0 Å². The first-order chi connectivity index (χ1) is 15.6. The summed E-state index contributed by atoms with van der Waals surface area (Å²) in [6, 6.07) is 8.64. The number of primary amides is 1. The van der Waals surface area contributed by atoms with E-state index >= 15 is 0 Å². The van der Waals surface area contributed by atoms with Crippen molar-refractivity contribution in [1.29, 1.82) is 0 Å². The first-order valence-electron chi connectivity index (χ1n) is 11.7. The van der Waals surface area contributed by atoms with Gasteiger partial charge in [-0.05, 0) is 36.9 Å². The first-order valence-corrected chi connectivity index (χ1v) is 11.7. The number of nitrogens with zero attached hydrogens (tertiary/aromatic N) is 3. The van der Waals surface area contributed by atoms with Crippen molar-refractivity contribution in [2.75, 3.05) is 60.2 Å². The van der Waals surface area contributed by atoms with E-state index in [1.54, 1.807) is 7.11 Å². The molecule has 2 unspecified atom stereocenters. The third-order valence-corrected chi connectivity index (χ3v) is 6.34. The van der Waals surface area contributed by atoms with E-state index in [1.807, 2.05) is 7.05 Å². The number of piperidine rings is 1. The fourth-order valence-corrected chi connectivity index (χ4v) is 4.59. The van der Waals surface area contributed by atoms with Gasteiger partial charge in [-0.2, -0.15) is 0 Å². The smallest absolute Gasteiger partial charge is 0.221 e. The molecule has 0 spiro atoms. The number of nitrogens with two attached hydrogens (primary N) is 1. The van der Waals surface area contributed by atoms with Crippen molar-refractivity contribution in [3.63, 3.8) is 0 Å². The third kappa shape index (κ3) is 9.03. The van der Waals surface area contributed by atoms with Crippen molar-refractivity contribution < 1.29 is 14.3 Å². The number of benzene rings is 1. The van der Waals surface area contributed by atoms with E-state index in [2.05, 4.69) is 44.4 Å². The van der Waals surface area contributed by atoms with Crippen LogP contribution >= 0.6 is 24.0 Å². The average Bonchev–Trinajstić information content (AvgIpc) is 3.26. The minimum absolute atomic E-state index is 0. The number of hydrogen-bond acceptors (Lipinski definition) is 5. The average molecular weight is 574 g/mol. The van der Waals surface area contributed by atoms with Crippen LogP contribution in [0.3, 0.4) is 0 Å². The minimum Gasteiger partial charge on any atom is -0.382 e. The van der Waals surface area contributed by atoms with Gasteiger partial charge in [0.1, 0.15) is 0 Å². The van der Waals surface area contributed by atoms with E-state index in [9.17, 15) is 4.79 Å². The Kier molecular flexibility index (Phi) is 12.4. The Balaban J connectivity index is 0.00000385. The summed E-state index contributed by atoms with van der Waals surface area (Å²) in [6.07, 6.45) is 3.05. The van der Waals surface area contributed by atoms with Crippen molar-refractivity contribution in [1.82, 2.24) is 15.1 Å². The number of guanidine groups is 1. The van der Waals surface area contributed by atoms with Crippen LogP contribution in [0.5, 0.6) is 0 Å². The van der Waals surface area contributed by atoms with Gasteiger partial charge in [0, 0.05) is 52.8 Å². The molecule has 186 valence electrons. The normalized spacial score (nSPS) is 21.6. The largest absolute Gasteiger partial charge is 0.382 e. The molecule has 2 heterocycles. The zero-order valence-electron chi connectivity index (χ0n) is 20.0. The van der Waals surface area contributed by atoms with Gasteiger partial charge in [0.05, 0.1) is 25.7 Å². The lowest BCUT2D eigenvalue weighted by molar-refractivity contribution is -0.123. The Bertz CT molecular complexity index is 763. The van der Waals surface area contributed by atoms with E-state index in [1.165, 1.54) is 11.1 Å². The van der Waals surface area contributed by atoms with Gasteiger partial charge in [0.2, 0.25) is 5.91 Å². The highest BCUT2D eigenvalue weighted by atomic mass is 127. The molecule has 0 saturated carbocycles. The van der Waals surface area contributed by atoms with E-state index in [0.717, 1.165) is 71.1 Å². The van der Waals surface area contributed by atoms with E-state index < -0.39 is 0 Å². The van der Waals surface area contributed by atoms with Gasteiger partial charge in [-0.15, -0.1) is 24.0 Å². The molecular formula is C24H40IN5O3. The summed E-state index contributed by atoms with van der Waals surface area (Å²) >= 11 is 0. The number of hydrogen-bond donors (Lipinski definition) is 2. The lowest BCUT2D eigenvalue weighted by Crippen LogP contribution is -2.40. The maximum atomic E-state index is 11.6. The van der Waals surface area contributed by atoms with Gasteiger partial charge in [-0.3, -0.25) is 14.7 Å². The maximum Gasteiger partial charge on any atom is 0.221 e. The predicted octanol–water partition coefficient (Wildman–Crippen LogP) is 2.06. The van der Waals surface area contributed by atoms with Crippen LogP contribution in [0, 0.1) is 11.8 Å². The highest BCUT2D eigenvalue weighted by molar-refractivity contribution is 14.0. The van der Waals surface area contributed by atoms with E-state index in [0.29, 0.717) is 19.1 Å². The molecular weight excluding hydrogens is 533 g/mol. The standard InChI is InChI=1S/C24H39N5O3.HI/c1-26-24(29-10-8-21(16-29)18-32-12-11-31-2)27-14-19-5-3-6-20(13-19)15-28-9-4-7-22(17-28)23(25)30;/h3,5-6,13,21-22H,4,7-12,14-18H2,1-2H3,(H2,25,30)(H,26,27);1H. The molecule has 2 aliphatic heterocycles. The number of amides is 1. The topological polar surface area (TPSA) is 92.4 Å². The predicted molar refractivity (Wildman–Crippen MR) is 142 cm³/mol. The second kappa shape index (κ2) is 14.7. The van der Waals surface area contributed by atoms with Gasteiger partial charge in [-0.1, -0.05) is 24.3 Å². The highest BCUT2D eigenvalue weighted by Gasteiger charge is 2.25. The number of nitrogens with one attached hydrogen (secondary N) is 1. The molecule has 33 heavy (non-hydrogen) atoms. The second-order valence-corrected chi connectivity index (χ2v) is 8.87. The summed E-state index contributed by atoms with van der Waals surface area (Å²) < 4.78 is 10.7. The van der Waals surface area contributed by atoms with Crippen LogP contribution in [0.4, 0.5) is 0 Å². The Morgan fingerprint density at radius 3 is 2.79 bits per heavy atom. The van der Waals surface area contributed by atoms with Gasteiger partial charge in [0.15, 0.2) is 5.96 Å². The molecule has 1 aromatic rings. The van der Waals surface area contributed by atoms with Crippen LogP contribution in [-0.2, 0) is 27.4 Å². The van der Waals surface area contributed by atoms with Crippen LogP contribution in [0.15, 0.2) is 29.3 Å². The number of likely N-dealkylation sites (tertiary alicyclic amines) is 2. The summed E-state index contributed by atoms with van der Waals surface area (Å²) in [7, 11) is 3.53. The molecule has 0 aliphatic carbocycles. The number of carbonyl (C=O) groups excluding carboxylic acids is 1. The zero-order valence-corrected chi connectivity index (χ0v) is 22.3. The van der Waals surface area contributed by atoms with Crippen LogP contribution < -0.4 is 11.1 Å². The van der Waals surface area contributed by atoms with Crippen molar-refractivity contribution in [3.8, 4) is 0 Å². The molecule has 0 aromatic heterocycles. The maximum absolute atomic E-state index is 11.6. The second-order valence-electron chi connectivity index (χ2n) is 8.87.